The van der Waals surface area contributed by atoms with E-state index in [-0.39, 0.29) is 0 Å². The molecule has 2 aliphatic heterocycles. The highest BCUT2D eigenvalue weighted by Gasteiger charge is 2.37. The summed E-state index contributed by atoms with van der Waals surface area (Å²) in [5.74, 6) is 1.45. The van der Waals surface area contributed by atoms with E-state index < -0.39 is 0 Å². The Balaban J connectivity index is 1.76. The van der Waals surface area contributed by atoms with Gasteiger partial charge in [-0.25, -0.2) is 0 Å². The maximum atomic E-state index is 5.42. The normalized spacial score (nSPS) is 32.5. The van der Waals surface area contributed by atoms with Crippen molar-refractivity contribution in [2.24, 2.45) is 11.8 Å². The fourth-order valence-corrected chi connectivity index (χ4v) is 2.73. The molecule has 2 unspecified atom stereocenters. The van der Waals surface area contributed by atoms with Gasteiger partial charge >= 0.3 is 0 Å². The van der Waals surface area contributed by atoms with E-state index in [0.29, 0.717) is 0 Å². The molecule has 3 rings (SSSR count). The van der Waals surface area contributed by atoms with Crippen molar-refractivity contribution < 1.29 is 4.74 Å². The van der Waals surface area contributed by atoms with Crippen LogP contribution in [0.1, 0.15) is 0 Å². The molecule has 13 heavy (non-hydrogen) atoms. The molecule has 0 spiro atoms. The Hall–Kier alpha value is -0.680. The van der Waals surface area contributed by atoms with Crippen LogP contribution < -0.4 is 4.90 Å². The number of aromatic nitrogens is 2. The van der Waals surface area contributed by atoms with Crippen molar-refractivity contribution in [2.75, 3.05) is 31.2 Å². The first-order valence-electron chi connectivity index (χ1n) is 4.52. The zero-order valence-corrected chi connectivity index (χ0v) is 8.04. The van der Waals surface area contributed by atoms with Gasteiger partial charge < -0.3 is 9.64 Å². The molecular weight excluding hydrogens is 186 g/mol. The molecule has 0 aromatic carbocycles. The molecule has 70 valence electrons. The fourth-order valence-electron chi connectivity index (χ4n) is 2.15. The van der Waals surface area contributed by atoms with Gasteiger partial charge in [-0.3, -0.25) is 0 Å². The maximum Gasteiger partial charge on any atom is 0.208 e. The molecular formula is C8H11N3OS. The molecule has 4 nitrogen and oxygen atoms in total. The Bertz CT molecular complexity index is 278. The van der Waals surface area contributed by atoms with Crippen LogP contribution in [0.25, 0.3) is 0 Å². The van der Waals surface area contributed by atoms with Crippen molar-refractivity contribution in [1.29, 1.82) is 0 Å². The van der Waals surface area contributed by atoms with Crippen LogP contribution in [0.15, 0.2) is 5.51 Å². The standard InChI is InChI=1S/C8H11N3OS/c1-6-3-12-4-7(6)2-11(1)8-10-9-5-13-8/h5-7H,1-4H2. The Labute approximate surface area is 80.5 Å². The topological polar surface area (TPSA) is 38.2 Å². The predicted octanol–water partition coefficient (Wildman–Crippen LogP) is 0.621. The average molecular weight is 197 g/mol. The molecule has 2 saturated heterocycles. The smallest absolute Gasteiger partial charge is 0.208 e. The summed E-state index contributed by atoms with van der Waals surface area (Å²) >= 11 is 1.62. The van der Waals surface area contributed by atoms with Gasteiger partial charge in [0.15, 0.2) is 0 Å². The van der Waals surface area contributed by atoms with E-state index in [1.807, 2.05) is 0 Å². The Morgan fingerprint density at radius 2 is 2.15 bits per heavy atom. The molecule has 0 bridgehead atoms. The first-order chi connectivity index (χ1) is 6.43. The van der Waals surface area contributed by atoms with Gasteiger partial charge in [-0.15, -0.1) is 10.2 Å². The molecule has 5 heteroatoms. The van der Waals surface area contributed by atoms with Crippen LogP contribution in [-0.4, -0.2) is 36.5 Å². The molecule has 2 aliphatic rings. The Morgan fingerprint density at radius 3 is 2.77 bits per heavy atom. The third-order valence-electron chi connectivity index (χ3n) is 2.86. The third-order valence-corrected chi connectivity index (χ3v) is 3.61. The zero-order valence-electron chi connectivity index (χ0n) is 7.22. The van der Waals surface area contributed by atoms with E-state index >= 15 is 0 Å². The minimum Gasteiger partial charge on any atom is -0.381 e. The summed E-state index contributed by atoms with van der Waals surface area (Å²) in [6, 6.07) is 0. The van der Waals surface area contributed by atoms with E-state index in [0.717, 1.165) is 43.3 Å². The number of nitrogens with zero attached hydrogens (tertiary/aromatic N) is 3. The van der Waals surface area contributed by atoms with Crippen LogP contribution in [0.3, 0.4) is 0 Å². The van der Waals surface area contributed by atoms with Crippen molar-refractivity contribution in [3.05, 3.63) is 5.51 Å². The van der Waals surface area contributed by atoms with Crippen LogP contribution in [0.4, 0.5) is 5.13 Å². The number of rotatable bonds is 1. The van der Waals surface area contributed by atoms with Gasteiger partial charge in [-0.1, -0.05) is 11.3 Å². The van der Waals surface area contributed by atoms with E-state index in [1.54, 1.807) is 16.8 Å². The maximum absolute atomic E-state index is 5.42. The van der Waals surface area contributed by atoms with Gasteiger partial charge in [0.05, 0.1) is 13.2 Å². The minimum absolute atomic E-state index is 0.726. The second-order valence-corrected chi connectivity index (χ2v) is 4.50. The molecule has 3 heterocycles. The molecule has 1 aromatic heterocycles. The average Bonchev–Trinajstić information content (AvgIpc) is 2.78. The molecule has 2 fully saturated rings. The van der Waals surface area contributed by atoms with Crippen molar-refractivity contribution >= 4 is 16.5 Å². The molecule has 0 aliphatic carbocycles. The number of anilines is 1. The molecule has 2 atom stereocenters. The lowest BCUT2D eigenvalue weighted by Crippen LogP contribution is -2.21. The summed E-state index contributed by atoms with van der Waals surface area (Å²) in [5.41, 5.74) is 1.79. The monoisotopic (exact) mass is 197 g/mol. The van der Waals surface area contributed by atoms with Gasteiger partial charge in [0, 0.05) is 24.9 Å². The highest BCUT2D eigenvalue weighted by atomic mass is 32.1. The summed E-state index contributed by atoms with van der Waals surface area (Å²) in [5, 5.41) is 9.00. The van der Waals surface area contributed by atoms with Crippen molar-refractivity contribution in [1.82, 2.24) is 10.2 Å². The summed E-state index contributed by atoms with van der Waals surface area (Å²) in [6.07, 6.45) is 0. The summed E-state index contributed by atoms with van der Waals surface area (Å²) in [6.45, 7) is 4.06. The van der Waals surface area contributed by atoms with Crippen LogP contribution in [-0.2, 0) is 4.74 Å². The number of hydrogen-bond acceptors (Lipinski definition) is 5. The molecule has 0 saturated carbocycles. The predicted molar refractivity (Wildman–Crippen MR) is 49.9 cm³/mol. The molecule has 0 N–H and O–H groups in total. The van der Waals surface area contributed by atoms with E-state index in [4.69, 9.17) is 4.74 Å². The number of hydrogen-bond donors (Lipinski definition) is 0. The molecule has 1 aromatic rings. The van der Waals surface area contributed by atoms with E-state index in [1.165, 1.54) is 0 Å². The van der Waals surface area contributed by atoms with Crippen molar-refractivity contribution in [2.45, 2.75) is 0 Å². The largest absolute Gasteiger partial charge is 0.381 e. The SMILES string of the molecule is c1nnc(N2CC3COCC3C2)s1. The first-order valence-corrected chi connectivity index (χ1v) is 5.40. The van der Waals surface area contributed by atoms with E-state index in [2.05, 4.69) is 15.1 Å². The first kappa shape index (κ1) is 7.70. The van der Waals surface area contributed by atoms with Crippen LogP contribution in [0, 0.1) is 11.8 Å². The quantitative estimate of drug-likeness (QED) is 0.661. The van der Waals surface area contributed by atoms with Gasteiger partial charge in [0.25, 0.3) is 0 Å². The lowest BCUT2D eigenvalue weighted by Gasteiger charge is -2.14. The highest BCUT2D eigenvalue weighted by Crippen LogP contribution is 2.32. The molecule has 0 amide bonds. The lowest BCUT2D eigenvalue weighted by molar-refractivity contribution is 0.177. The minimum atomic E-state index is 0.726. The van der Waals surface area contributed by atoms with Gasteiger partial charge in [-0.2, -0.15) is 0 Å². The Morgan fingerprint density at radius 1 is 1.38 bits per heavy atom. The summed E-state index contributed by atoms with van der Waals surface area (Å²) < 4.78 is 5.42. The Kier molecular flexibility index (Phi) is 1.73. The third kappa shape index (κ3) is 1.23. The summed E-state index contributed by atoms with van der Waals surface area (Å²) in [7, 11) is 0. The zero-order chi connectivity index (χ0) is 8.67. The van der Waals surface area contributed by atoms with Gasteiger partial charge in [0.1, 0.15) is 5.51 Å². The van der Waals surface area contributed by atoms with Crippen molar-refractivity contribution in [3.8, 4) is 0 Å². The van der Waals surface area contributed by atoms with Crippen LogP contribution in [0.2, 0.25) is 0 Å². The highest BCUT2D eigenvalue weighted by molar-refractivity contribution is 7.13. The summed E-state index contributed by atoms with van der Waals surface area (Å²) in [4.78, 5) is 2.33. The number of fused-ring (bicyclic) bond motifs is 1. The fraction of sp³-hybridized carbons (Fsp3) is 0.750. The van der Waals surface area contributed by atoms with Crippen molar-refractivity contribution in [3.63, 3.8) is 0 Å². The van der Waals surface area contributed by atoms with E-state index in [9.17, 15) is 0 Å². The number of ether oxygens (including phenoxy) is 1. The lowest BCUT2D eigenvalue weighted by atomic mass is 10.0. The van der Waals surface area contributed by atoms with Gasteiger partial charge in [-0.05, 0) is 0 Å². The second-order valence-electron chi connectivity index (χ2n) is 3.68. The molecule has 0 radical (unpaired) electrons. The van der Waals surface area contributed by atoms with Crippen LogP contribution in [0.5, 0.6) is 0 Å². The van der Waals surface area contributed by atoms with Gasteiger partial charge in [0.2, 0.25) is 5.13 Å². The second kappa shape index (κ2) is 2.92. The van der Waals surface area contributed by atoms with Crippen LogP contribution >= 0.6 is 11.3 Å².